The average Bonchev–Trinajstić information content (AvgIpc) is 2.86. The van der Waals surface area contributed by atoms with E-state index < -0.39 is 20.1 Å². The van der Waals surface area contributed by atoms with Gasteiger partial charge in [0.2, 0.25) is 10.0 Å². The first-order chi connectivity index (χ1) is 17.5. The summed E-state index contributed by atoms with van der Waals surface area (Å²) in [7, 11) is -6.26. The lowest BCUT2D eigenvalue weighted by Crippen LogP contribution is -2.32. The van der Waals surface area contributed by atoms with Crippen LogP contribution in [0.2, 0.25) is 0 Å². The molecule has 1 aromatic heterocycles. The number of fused-ring (bicyclic) bond motifs is 1. The van der Waals surface area contributed by atoms with Crippen LogP contribution < -0.4 is 9.29 Å². The van der Waals surface area contributed by atoms with Crippen molar-refractivity contribution >= 4 is 54.1 Å². The molecule has 37 heavy (non-hydrogen) atoms. The van der Waals surface area contributed by atoms with Gasteiger partial charge in [0.15, 0.2) is 0 Å². The third-order valence-electron chi connectivity index (χ3n) is 5.16. The Morgan fingerprint density at radius 3 is 2.43 bits per heavy atom. The van der Waals surface area contributed by atoms with Crippen LogP contribution in [0.5, 0.6) is 5.75 Å². The molecule has 0 unspecified atom stereocenters. The molecule has 4 rings (SSSR count). The Morgan fingerprint density at radius 2 is 1.73 bits per heavy atom. The largest absolute Gasteiger partial charge is 0.506 e. The highest BCUT2D eigenvalue weighted by Crippen LogP contribution is 2.37. The molecule has 4 aromatic rings. The van der Waals surface area contributed by atoms with Crippen molar-refractivity contribution in [2.24, 2.45) is 17.3 Å². The highest BCUT2D eigenvalue weighted by molar-refractivity contribution is 7.99. The van der Waals surface area contributed by atoms with Gasteiger partial charge in [-0.1, -0.05) is 12.1 Å². The molecule has 0 radical (unpaired) electrons. The molecule has 0 bridgehead atoms. The first-order valence-electron chi connectivity index (χ1n) is 10.7. The van der Waals surface area contributed by atoms with E-state index >= 15 is 0 Å². The lowest BCUT2D eigenvalue weighted by molar-refractivity contribution is -0.713. The maximum atomic E-state index is 12.6. The Hall–Kier alpha value is -3.43. The Kier molecular flexibility index (Phi) is 7.85. The molecule has 0 aliphatic carbocycles. The summed E-state index contributed by atoms with van der Waals surface area (Å²) in [6.45, 7) is 0.213. The van der Waals surface area contributed by atoms with E-state index in [4.69, 9.17) is 0 Å². The number of benzene rings is 3. The van der Waals surface area contributed by atoms with Crippen LogP contribution in [0, 0.1) is 0 Å². The molecule has 3 N–H and O–H groups in total. The molecular weight excluding hydrogens is 538 g/mol. The molecule has 0 saturated carbocycles. The van der Waals surface area contributed by atoms with E-state index in [1.165, 1.54) is 66.4 Å². The molecule has 14 heteroatoms. The number of nitrogens with zero attached hydrogens (tertiary/aromatic N) is 4. The fourth-order valence-electron chi connectivity index (χ4n) is 3.32. The SMILES string of the molecule is C[n+]1cccnc1SCCNS(=O)(=O)c1ccc(N=Nc2c(O)ccc3cc(S(=O)(=O)O)ccc23)cc1. The normalized spacial score (nSPS) is 12.4. The van der Waals surface area contributed by atoms with Gasteiger partial charge in [-0.25, -0.2) is 17.7 Å². The van der Waals surface area contributed by atoms with E-state index in [0.717, 1.165) is 5.16 Å². The minimum absolute atomic E-state index is 0.0607. The topological polar surface area (TPSA) is 162 Å². The van der Waals surface area contributed by atoms with Crippen molar-refractivity contribution < 1.29 is 31.1 Å². The maximum absolute atomic E-state index is 12.6. The molecule has 3 aromatic carbocycles. The number of sulfonamides is 1. The third kappa shape index (κ3) is 6.47. The number of phenolic OH excluding ortho intramolecular Hbond substituents is 1. The fourth-order valence-corrected chi connectivity index (χ4v) is 5.78. The van der Waals surface area contributed by atoms with Gasteiger partial charge in [-0.05, 0) is 64.6 Å². The van der Waals surface area contributed by atoms with Crippen LogP contribution in [0.3, 0.4) is 0 Å². The van der Waals surface area contributed by atoms with Crippen LogP contribution in [0.1, 0.15) is 0 Å². The summed E-state index contributed by atoms with van der Waals surface area (Å²) >= 11 is 1.43. The summed E-state index contributed by atoms with van der Waals surface area (Å²) in [5, 5.41) is 20.0. The van der Waals surface area contributed by atoms with Crippen LogP contribution in [-0.4, -0.2) is 43.8 Å². The quantitative estimate of drug-likeness (QED) is 0.0700. The van der Waals surface area contributed by atoms with Crippen LogP contribution in [0.4, 0.5) is 11.4 Å². The van der Waals surface area contributed by atoms with Gasteiger partial charge in [-0.15, -0.1) is 5.11 Å². The van der Waals surface area contributed by atoms with Gasteiger partial charge >= 0.3 is 5.16 Å². The fraction of sp³-hybridized carbons (Fsp3) is 0.130. The number of azo groups is 1. The van der Waals surface area contributed by atoms with E-state index in [2.05, 4.69) is 19.9 Å². The highest BCUT2D eigenvalue weighted by Gasteiger charge is 2.16. The molecular formula is C23H22N5O6S3+. The smallest absolute Gasteiger partial charge is 0.358 e. The first-order valence-corrected chi connectivity index (χ1v) is 14.6. The van der Waals surface area contributed by atoms with Gasteiger partial charge in [-0.2, -0.15) is 13.5 Å². The molecule has 0 aliphatic heterocycles. The second-order valence-electron chi connectivity index (χ2n) is 7.74. The van der Waals surface area contributed by atoms with Gasteiger partial charge in [0.1, 0.15) is 17.6 Å². The standard InChI is InChI=1S/C23H21N5O6S3/c1-28-13-2-11-24-23(28)35-14-12-25-36(30,31)18-6-4-17(5-7-18)26-27-22-20-9-8-19(37(32,33)34)15-16(20)3-10-21(22)29/h2-11,13,15,25H,12,14H2,1H3,(H-,26,29,32,33,34)/p+1. The van der Waals surface area contributed by atoms with Crippen molar-refractivity contribution in [3.63, 3.8) is 0 Å². The van der Waals surface area contributed by atoms with Crippen LogP contribution in [0.15, 0.2) is 98.2 Å². The van der Waals surface area contributed by atoms with Gasteiger partial charge < -0.3 is 5.11 Å². The highest BCUT2D eigenvalue weighted by atomic mass is 32.2. The van der Waals surface area contributed by atoms with Crippen LogP contribution in [-0.2, 0) is 27.2 Å². The Bertz CT molecular complexity index is 1690. The van der Waals surface area contributed by atoms with E-state index in [1.807, 2.05) is 23.9 Å². The lowest BCUT2D eigenvalue weighted by Gasteiger charge is -2.07. The zero-order valence-electron chi connectivity index (χ0n) is 19.4. The number of aromatic nitrogens is 2. The lowest BCUT2D eigenvalue weighted by atomic mass is 10.1. The van der Waals surface area contributed by atoms with Crippen molar-refractivity contribution in [2.45, 2.75) is 14.9 Å². The summed E-state index contributed by atoms with van der Waals surface area (Å²) in [5.74, 6) is 0.313. The number of rotatable bonds is 9. The van der Waals surface area contributed by atoms with Crippen molar-refractivity contribution in [1.82, 2.24) is 9.71 Å². The molecule has 0 amide bonds. The van der Waals surface area contributed by atoms with Gasteiger partial charge in [-0.3, -0.25) is 4.55 Å². The molecule has 0 aliphatic rings. The molecule has 0 atom stereocenters. The predicted molar refractivity (Wildman–Crippen MR) is 137 cm³/mol. The molecule has 0 fully saturated rings. The second kappa shape index (κ2) is 10.9. The van der Waals surface area contributed by atoms with Crippen molar-refractivity contribution in [2.75, 3.05) is 12.3 Å². The molecule has 11 nitrogen and oxygen atoms in total. The minimum Gasteiger partial charge on any atom is -0.506 e. The Morgan fingerprint density at radius 1 is 1.00 bits per heavy atom. The molecule has 192 valence electrons. The first kappa shape index (κ1) is 26.6. The summed E-state index contributed by atoms with van der Waals surface area (Å²) in [4.78, 5) is 4.01. The average molecular weight is 561 g/mol. The monoisotopic (exact) mass is 560 g/mol. The predicted octanol–water partition coefficient (Wildman–Crippen LogP) is 3.50. The number of thioether (sulfide) groups is 1. The van der Waals surface area contributed by atoms with Gasteiger partial charge in [0.05, 0.1) is 28.7 Å². The van der Waals surface area contributed by atoms with Gasteiger partial charge in [0.25, 0.3) is 10.1 Å². The van der Waals surface area contributed by atoms with E-state index in [9.17, 15) is 26.5 Å². The summed E-state index contributed by atoms with van der Waals surface area (Å²) in [5.41, 5.74) is 0.430. The van der Waals surface area contributed by atoms with Crippen molar-refractivity contribution in [1.29, 1.82) is 0 Å². The van der Waals surface area contributed by atoms with Crippen molar-refractivity contribution in [3.05, 3.63) is 73.1 Å². The number of hydrogen-bond donors (Lipinski definition) is 3. The Labute approximate surface area is 217 Å². The number of phenols is 1. The van der Waals surface area contributed by atoms with E-state index in [0.29, 0.717) is 22.2 Å². The van der Waals surface area contributed by atoms with Crippen LogP contribution in [0.25, 0.3) is 10.8 Å². The number of aryl methyl sites for hydroxylation is 1. The minimum atomic E-state index is -4.39. The molecule has 1 heterocycles. The number of hydrogen-bond acceptors (Lipinski definition) is 9. The Balaban J connectivity index is 1.45. The number of aromatic hydroxyl groups is 1. The molecule has 0 saturated heterocycles. The maximum Gasteiger partial charge on any atom is 0.358 e. The van der Waals surface area contributed by atoms with E-state index in [1.54, 1.807) is 6.20 Å². The summed E-state index contributed by atoms with van der Waals surface area (Å²) in [6.07, 6.45) is 3.53. The third-order valence-corrected chi connectivity index (χ3v) is 8.55. The summed E-state index contributed by atoms with van der Waals surface area (Å²) in [6, 6.07) is 14.2. The van der Waals surface area contributed by atoms with Crippen molar-refractivity contribution in [3.8, 4) is 5.75 Å². The zero-order chi connectivity index (χ0) is 26.6. The van der Waals surface area contributed by atoms with Crippen LogP contribution >= 0.6 is 11.8 Å². The zero-order valence-corrected chi connectivity index (χ0v) is 21.8. The van der Waals surface area contributed by atoms with Gasteiger partial charge in [0, 0.05) is 23.8 Å². The second-order valence-corrected chi connectivity index (χ2v) is 12.0. The molecule has 0 spiro atoms. The summed E-state index contributed by atoms with van der Waals surface area (Å²) < 4.78 is 61.6. The van der Waals surface area contributed by atoms with E-state index in [-0.39, 0.29) is 27.8 Å². The number of nitrogens with one attached hydrogen (secondary N) is 1.